The Bertz CT molecular complexity index is 1440. The van der Waals surface area contributed by atoms with E-state index in [1.807, 2.05) is 42.3 Å². The van der Waals surface area contributed by atoms with Gasteiger partial charge in [0.05, 0.1) is 30.4 Å². The highest BCUT2D eigenvalue weighted by Crippen LogP contribution is 2.38. The van der Waals surface area contributed by atoms with E-state index in [1.54, 1.807) is 14.2 Å². The van der Waals surface area contributed by atoms with Gasteiger partial charge in [-0.05, 0) is 49.1 Å². The maximum atomic E-state index is 13.3. The quantitative estimate of drug-likeness (QED) is 0.461. The van der Waals surface area contributed by atoms with E-state index in [1.165, 1.54) is 0 Å². The second-order valence-electron chi connectivity index (χ2n) is 9.58. The van der Waals surface area contributed by atoms with E-state index in [2.05, 4.69) is 20.2 Å². The van der Waals surface area contributed by atoms with Gasteiger partial charge in [0.15, 0.2) is 5.82 Å². The molecule has 0 radical (unpaired) electrons. The molecule has 9 nitrogen and oxygen atoms in total. The Hall–Kier alpha value is -3.43. The lowest BCUT2D eigenvalue weighted by Crippen LogP contribution is -2.41. The average molecular weight is 475 g/mol. The van der Waals surface area contributed by atoms with Gasteiger partial charge in [0.2, 0.25) is 5.88 Å². The van der Waals surface area contributed by atoms with Crippen LogP contribution in [-0.2, 0) is 18.3 Å². The maximum absolute atomic E-state index is 13.3. The van der Waals surface area contributed by atoms with Gasteiger partial charge in [-0.1, -0.05) is 0 Å². The molecule has 1 aliphatic carbocycles. The molecule has 2 fully saturated rings. The summed E-state index contributed by atoms with van der Waals surface area (Å²) in [7, 11) is 5.30. The number of aromatic nitrogens is 4. The van der Waals surface area contributed by atoms with Crippen molar-refractivity contribution in [3.8, 4) is 17.4 Å². The summed E-state index contributed by atoms with van der Waals surface area (Å²) in [6.45, 7) is 1.92. The number of methoxy groups -OCH3 is 2. The molecule has 182 valence electrons. The number of pyridine rings is 1. The lowest BCUT2D eigenvalue weighted by atomic mass is 10.1. The van der Waals surface area contributed by atoms with Gasteiger partial charge < -0.3 is 29.2 Å². The summed E-state index contributed by atoms with van der Waals surface area (Å²) in [5, 5.41) is 1.00. The highest BCUT2D eigenvalue weighted by Gasteiger charge is 2.46. The second-order valence-corrected chi connectivity index (χ2v) is 9.58. The van der Waals surface area contributed by atoms with Crippen molar-refractivity contribution < 1.29 is 14.3 Å². The molecule has 2 bridgehead atoms. The van der Waals surface area contributed by atoms with E-state index in [0.29, 0.717) is 30.5 Å². The van der Waals surface area contributed by atoms with Crippen LogP contribution in [0.4, 0.5) is 0 Å². The molecule has 9 heteroatoms. The van der Waals surface area contributed by atoms with Crippen molar-refractivity contribution in [3.05, 3.63) is 42.0 Å². The Kier molecular flexibility index (Phi) is 5.26. The molecule has 2 N–H and O–H groups in total. The van der Waals surface area contributed by atoms with Gasteiger partial charge in [0.25, 0.3) is 5.91 Å². The Morgan fingerprint density at radius 2 is 2.00 bits per heavy atom. The van der Waals surface area contributed by atoms with Crippen molar-refractivity contribution in [2.45, 2.75) is 31.5 Å². The minimum Gasteiger partial charge on any atom is -0.481 e. The molecule has 4 heterocycles. The summed E-state index contributed by atoms with van der Waals surface area (Å²) in [5.41, 5.74) is 10.5. The van der Waals surface area contributed by atoms with Crippen LogP contribution >= 0.6 is 0 Å². The van der Waals surface area contributed by atoms with E-state index in [0.717, 1.165) is 53.0 Å². The van der Waals surface area contributed by atoms with Crippen LogP contribution < -0.4 is 10.5 Å². The van der Waals surface area contributed by atoms with Crippen LogP contribution in [-0.4, -0.2) is 69.4 Å². The Morgan fingerprint density at radius 1 is 1.14 bits per heavy atom. The molecular weight excluding hydrogens is 444 g/mol. The first-order chi connectivity index (χ1) is 17.0. The number of amides is 1. The predicted octanol–water partition coefficient (Wildman–Crippen LogP) is 2.81. The van der Waals surface area contributed by atoms with Crippen molar-refractivity contribution in [2.75, 3.05) is 27.4 Å². The van der Waals surface area contributed by atoms with Crippen LogP contribution in [0.3, 0.4) is 0 Å². The molecule has 1 aliphatic heterocycles. The molecule has 4 aromatic rings. The Labute approximate surface area is 203 Å². The van der Waals surface area contributed by atoms with Gasteiger partial charge in [0.1, 0.15) is 5.65 Å². The number of carbonyl (C=O) groups is 1. The monoisotopic (exact) mass is 474 g/mol. The van der Waals surface area contributed by atoms with Crippen LogP contribution in [0.25, 0.3) is 33.6 Å². The zero-order chi connectivity index (χ0) is 24.3. The number of ether oxygens (including phenoxy) is 2. The lowest BCUT2D eigenvalue weighted by Gasteiger charge is -2.27. The van der Waals surface area contributed by atoms with Crippen LogP contribution in [0, 0.1) is 5.92 Å². The lowest BCUT2D eigenvalue weighted by molar-refractivity contribution is 0.0701. The van der Waals surface area contributed by atoms with Crippen LogP contribution in [0.2, 0.25) is 0 Å². The number of fused-ring (bicyclic) bond motifs is 4. The number of hydrogen-bond acceptors (Lipinski definition) is 6. The van der Waals surface area contributed by atoms with E-state index >= 15 is 0 Å². The minimum atomic E-state index is 0.0484. The minimum absolute atomic E-state index is 0.0484. The van der Waals surface area contributed by atoms with Gasteiger partial charge in [0, 0.05) is 56.3 Å². The normalized spacial score (nSPS) is 21.5. The summed E-state index contributed by atoms with van der Waals surface area (Å²) in [6, 6.07) is 12.0. The first-order valence-electron chi connectivity index (χ1n) is 12.1. The molecule has 6 rings (SSSR count). The molecule has 0 spiro atoms. The fraction of sp³-hybridized carbons (Fsp3) is 0.423. The van der Waals surface area contributed by atoms with E-state index in [4.69, 9.17) is 20.2 Å². The standard InChI is InChI=1S/C26H30N6O3/c1-30-19-7-4-16(26(33)32-14-17-5-8-20(32)23(17)27)12-18(19)28-25(30)21-13-15-6-9-22(35-3)29-24(15)31(21)10-11-34-2/h4,6-7,9,12-13,17,20,23H,5,8,10-11,14,27H2,1-3H3/t17-,20-,23-/m1/s1. The van der Waals surface area contributed by atoms with Crippen LogP contribution in [0.5, 0.6) is 5.88 Å². The highest BCUT2D eigenvalue weighted by atomic mass is 16.5. The number of carbonyl (C=O) groups excluding carboxylic acids is 1. The third kappa shape index (κ3) is 3.41. The topological polar surface area (TPSA) is 100 Å². The molecule has 1 saturated carbocycles. The predicted molar refractivity (Wildman–Crippen MR) is 133 cm³/mol. The largest absolute Gasteiger partial charge is 0.481 e. The number of hydrogen-bond donors (Lipinski definition) is 1. The van der Waals surface area contributed by atoms with Crippen LogP contribution in [0.15, 0.2) is 36.4 Å². The number of aryl methyl sites for hydroxylation is 1. The van der Waals surface area contributed by atoms with Gasteiger partial charge in [-0.25, -0.2) is 4.98 Å². The third-order valence-electron chi connectivity index (χ3n) is 7.72. The van der Waals surface area contributed by atoms with E-state index in [-0.39, 0.29) is 18.0 Å². The first kappa shape index (κ1) is 22.1. The van der Waals surface area contributed by atoms with E-state index < -0.39 is 0 Å². The number of imidazole rings is 1. The fourth-order valence-electron chi connectivity index (χ4n) is 5.83. The number of likely N-dealkylation sites (tertiary alicyclic amines) is 1. The molecular formula is C26H30N6O3. The number of piperidine rings is 1. The van der Waals surface area contributed by atoms with Crippen molar-refractivity contribution in [3.63, 3.8) is 0 Å². The Morgan fingerprint density at radius 3 is 2.71 bits per heavy atom. The van der Waals surface area contributed by atoms with Crippen molar-refractivity contribution in [1.82, 2.24) is 24.0 Å². The summed E-state index contributed by atoms with van der Waals surface area (Å²) >= 11 is 0. The Balaban J connectivity index is 1.41. The van der Waals surface area contributed by atoms with Gasteiger partial charge >= 0.3 is 0 Å². The van der Waals surface area contributed by atoms with E-state index in [9.17, 15) is 4.79 Å². The maximum Gasteiger partial charge on any atom is 0.254 e. The number of nitrogens with zero attached hydrogens (tertiary/aromatic N) is 5. The molecule has 1 aromatic carbocycles. The van der Waals surface area contributed by atoms with Gasteiger partial charge in [-0.2, -0.15) is 4.98 Å². The number of benzene rings is 1. The third-order valence-corrected chi connectivity index (χ3v) is 7.72. The van der Waals surface area contributed by atoms with Crippen LogP contribution in [0.1, 0.15) is 23.2 Å². The second kappa shape index (κ2) is 8.35. The average Bonchev–Trinajstić information content (AvgIpc) is 3.61. The zero-order valence-corrected chi connectivity index (χ0v) is 20.3. The van der Waals surface area contributed by atoms with Crippen molar-refractivity contribution in [2.24, 2.45) is 18.7 Å². The van der Waals surface area contributed by atoms with Crippen molar-refractivity contribution in [1.29, 1.82) is 0 Å². The van der Waals surface area contributed by atoms with Gasteiger partial charge in [-0.15, -0.1) is 0 Å². The first-order valence-corrected chi connectivity index (χ1v) is 12.1. The summed E-state index contributed by atoms with van der Waals surface area (Å²) in [4.78, 5) is 24.9. The molecule has 35 heavy (non-hydrogen) atoms. The smallest absolute Gasteiger partial charge is 0.254 e. The highest BCUT2D eigenvalue weighted by molar-refractivity contribution is 5.98. The molecule has 0 unspecified atom stereocenters. The molecule has 1 amide bonds. The fourth-order valence-corrected chi connectivity index (χ4v) is 5.83. The summed E-state index contributed by atoms with van der Waals surface area (Å²) < 4.78 is 14.9. The molecule has 2 aliphatic rings. The molecule has 3 atom stereocenters. The molecule has 3 aromatic heterocycles. The molecule has 1 saturated heterocycles. The number of nitrogens with two attached hydrogens (primary N) is 1. The van der Waals surface area contributed by atoms with Crippen molar-refractivity contribution >= 4 is 28.0 Å². The SMILES string of the molecule is COCCn1c(-c2nc3cc(C(=O)N4C[C@H]5CC[C@@H]4[C@@H]5N)ccc3n2C)cc2ccc(OC)nc21. The van der Waals surface area contributed by atoms with Gasteiger partial charge in [-0.3, -0.25) is 4.79 Å². The summed E-state index contributed by atoms with van der Waals surface area (Å²) in [5.74, 6) is 1.84. The zero-order valence-electron chi connectivity index (χ0n) is 20.3. The summed E-state index contributed by atoms with van der Waals surface area (Å²) in [6.07, 6.45) is 2.12. The number of rotatable bonds is 6.